The molecule has 0 saturated carbocycles. The van der Waals surface area contributed by atoms with Crippen LogP contribution >= 0.6 is 0 Å². The molecule has 2 aromatic rings. The highest BCUT2D eigenvalue weighted by atomic mass is 15.4. The first kappa shape index (κ1) is 14.8. The van der Waals surface area contributed by atoms with Gasteiger partial charge in [-0.05, 0) is 13.8 Å². The average Bonchev–Trinajstić information content (AvgIpc) is 2.55. The lowest BCUT2D eigenvalue weighted by molar-refractivity contribution is -1.000. The van der Waals surface area contributed by atoms with E-state index in [0.29, 0.717) is 6.04 Å². The zero-order valence-corrected chi connectivity index (χ0v) is 13.4. The van der Waals surface area contributed by atoms with Crippen LogP contribution in [0.15, 0.2) is 60.7 Å². The van der Waals surface area contributed by atoms with Crippen molar-refractivity contribution in [2.75, 3.05) is 19.6 Å². The Kier molecular flexibility index (Phi) is 3.76. The van der Waals surface area contributed by atoms with E-state index in [2.05, 4.69) is 80.6 Å². The number of benzene rings is 2. The second-order valence-corrected chi connectivity index (χ2v) is 6.75. The molecular weight excluding hydrogens is 268 g/mol. The molecule has 0 bridgehead atoms. The third-order valence-corrected chi connectivity index (χ3v) is 5.01. The quantitative estimate of drug-likeness (QED) is 0.776. The van der Waals surface area contributed by atoms with Crippen molar-refractivity contribution in [3.63, 3.8) is 0 Å². The molecule has 1 fully saturated rings. The maximum atomic E-state index is 9.44. The summed E-state index contributed by atoms with van der Waals surface area (Å²) in [5.74, 6) is 0. The molecule has 0 aliphatic carbocycles. The standard InChI is InChI=1S/C20H23N2/c1-3-22(15-20(2,14-21)16-22)19(17-10-6-4-7-11-17)18-12-8-5-9-13-18/h4-13,19H,3,15-16H2,1-2H3/q+1. The lowest BCUT2D eigenvalue weighted by atomic mass is 9.76. The van der Waals surface area contributed by atoms with E-state index < -0.39 is 0 Å². The van der Waals surface area contributed by atoms with Crippen LogP contribution in [0.1, 0.15) is 31.0 Å². The fourth-order valence-corrected chi connectivity index (χ4v) is 4.10. The van der Waals surface area contributed by atoms with Gasteiger partial charge in [0, 0.05) is 11.1 Å². The van der Waals surface area contributed by atoms with Gasteiger partial charge in [-0.25, -0.2) is 0 Å². The fourth-order valence-electron chi connectivity index (χ4n) is 4.10. The van der Waals surface area contributed by atoms with Gasteiger partial charge in [-0.1, -0.05) is 60.7 Å². The molecule has 2 heteroatoms. The molecule has 0 N–H and O–H groups in total. The summed E-state index contributed by atoms with van der Waals surface area (Å²) in [4.78, 5) is 0. The average molecular weight is 291 g/mol. The molecule has 0 aromatic heterocycles. The predicted octanol–water partition coefficient (Wildman–Crippen LogP) is 4.16. The Hall–Kier alpha value is -2.11. The van der Waals surface area contributed by atoms with Gasteiger partial charge in [0.25, 0.3) is 0 Å². The molecule has 0 unspecified atom stereocenters. The smallest absolute Gasteiger partial charge is 0.152 e. The molecule has 112 valence electrons. The lowest BCUT2D eigenvalue weighted by Gasteiger charge is -2.57. The largest absolute Gasteiger partial charge is 0.311 e. The van der Waals surface area contributed by atoms with Gasteiger partial charge in [0.1, 0.15) is 19.1 Å². The van der Waals surface area contributed by atoms with Crippen molar-refractivity contribution in [3.05, 3.63) is 71.8 Å². The number of likely N-dealkylation sites (tertiary alicyclic amines) is 1. The van der Waals surface area contributed by atoms with Crippen molar-refractivity contribution in [1.82, 2.24) is 0 Å². The summed E-state index contributed by atoms with van der Waals surface area (Å²) in [5, 5.41) is 9.44. The molecule has 1 heterocycles. The third-order valence-electron chi connectivity index (χ3n) is 5.01. The fraction of sp³-hybridized carbons (Fsp3) is 0.350. The zero-order chi connectivity index (χ0) is 15.6. The van der Waals surface area contributed by atoms with Crippen molar-refractivity contribution in [2.45, 2.75) is 19.9 Å². The Morgan fingerprint density at radius 1 is 1.00 bits per heavy atom. The SMILES string of the molecule is CC[N+]1(C(c2ccccc2)c2ccccc2)CC(C)(C#N)C1. The highest BCUT2D eigenvalue weighted by Gasteiger charge is 2.56. The number of nitrogens with zero attached hydrogens (tertiary/aromatic N) is 2. The third kappa shape index (κ3) is 2.42. The lowest BCUT2D eigenvalue weighted by Crippen LogP contribution is -2.69. The van der Waals surface area contributed by atoms with Gasteiger partial charge in [0.2, 0.25) is 0 Å². The Bertz CT molecular complexity index is 624. The number of quaternary nitrogens is 1. The predicted molar refractivity (Wildman–Crippen MR) is 89.0 cm³/mol. The van der Waals surface area contributed by atoms with E-state index >= 15 is 0 Å². The molecule has 0 spiro atoms. The molecule has 1 aliphatic rings. The van der Waals surface area contributed by atoms with Crippen LogP contribution in [0.2, 0.25) is 0 Å². The van der Waals surface area contributed by atoms with Gasteiger partial charge in [-0.3, -0.25) is 0 Å². The first-order chi connectivity index (χ1) is 10.6. The van der Waals surface area contributed by atoms with Crippen LogP contribution in [0.25, 0.3) is 0 Å². The van der Waals surface area contributed by atoms with Gasteiger partial charge >= 0.3 is 0 Å². The maximum Gasteiger partial charge on any atom is 0.152 e. The molecule has 2 aromatic carbocycles. The summed E-state index contributed by atoms with van der Waals surface area (Å²) in [6.07, 6.45) is 0. The van der Waals surface area contributed by atoms with Crippen LogP contribution in [0, 0.1) is 16.7 Å². The van der Waals surface area contributed by atoms with Gasteiger partial charge in [-0.15, -0.1) is 0 Å². The van der Waals surface area contributed by atoms with Crippen LogP contribution in [-0.2, 0) is 0 Å². The summed E-state index contributed by atoms with van der Waals surface area (Å²) in [7, 11) is 0. The molecule has 22 heavy (non-hydrogen) atoms. The van der Waals surface area contributed by atoms with E-state index in [1.54, 1.807) is 0 Å². The first-order valence-corrected chi connectivity index (χ1v) is 7.99. The van der Waals surface area contributed by atoms with Crippen LogP contribution in [0.3, 0.4) is 0 Å². The van der Waals surface area contributed by atoms with E-state index in [1.807, 2.05) is 0 Å². The summed E-state index contributed by atoms with van der Waals surface area (Å²) < 4.78 is 0.970. The molecule has 2 nitrogen and oxygen atoms in total. The summed E-state index contributed by atoms with van der Waals surface area (Å²) >= 11 is 0. The first-order valence-electron chi connectivity index (χ1n) is 7.99. The molecule has 3 rings (SSSR count). The van der Waals surface area contributed by atoms with Gasteiger partial charge in [0.15, 0.2) is 5.41 Å². The monoisotopic (exact) mass is 291 g/mol. The van der Waals surface area contributed by atoms with Gasteiger partial charge < -0.3 is 4.48 Å². The van der Waals surface area contributed by atoms with Gasteiger partial charge in [0.05, 0.1) is 12.6 Å². The number of hydrogen-bond donors (Lipinski definition) is 0. The van der Waals surface area contributed by atoms with E-state index in [0.717, 1.165) is 24.1 Å². The minimum absolute atomic E-state index is 0.183. The summed E-state index contributed by atoms with van der Waals surface area (Å²) in [6.45, 7) is 7.23. The van der Waals surface area contributed by atoms with Crippen LogP contribution in [0.5, 0.6) is 0 Å². The highest BCUT2D eigenvalue weighted by Crippen LogP contribution is 2.46. The molecular formula is C20H23N2+. The summed E-state index contributed by atoms with van der Waals surface area (Å²) in [5.41, 5.74) is 2.50. The topological polar surface area (TPSA) is 23.8 Å². The molecule has 1 aliphatic heterocycles. The molecule has 1 saturated heterocycles. The Morgan fingerprint density at radius 3 is 1.82 bits per heavy atom. The molecule has 0 radical (unpaired) electrons. The van der Waals surface area contributed by atoms with Crippen molar-refractivity contribution in [1.29, 1.82) is 5.26 Å². The number of nitriles is 1. The second-order valence-electron chi connectivity index (χ2n) is 6.75. The second kappa shape index (κ2) is 5.59. The Labute approximate surface area is 133 Å². The van der Waals surface area contributed by atoms with E-state index in [4.69, 9.17) is 0 Å². The Balaban J connectivity index is 2.05. The zero-order valence-electron chi connectivity index (χ0n) is 13.4. The Morgan fingerprint density at radius 2 is 1.45 bits per heavy atom. The van der Waals surface area contributed by atoms with Crippen molar-refractivity contribution < 1.29 is 4.48 Å². The van der Waals surface area contributed by atoms with Crippen LogP contribution in [0.4, 0.5) is 0 Å². The highest BCUT2D eigenvalue weighted by molar-refractivity contribution is 5.30. The molecule has 0 atom stereocenters. The number of rotatable bonds is 4. The van der Waals surface area contributed by atoms with Crippen molar-refractivity contribution in [3.8, 4) is 6.07 Å². The van der Waals surface area contributed by atoms with Crippen LogP contribution < -0.4 is 0 Å². The van der Waals surface area contributed by atoms with E-state index in [9.17, 15) is 5.26 Å². The van der Waals surface area contributed by atoms with Crippen molar-refractivity contribution in [2.24, 2.45) is 5.41 Å². The minimum atomic E-state index is -0.183. The molecule has 0 amide bonds. The maximum absolute atomic E-state index is 9.44. The van der Waals surface area contributed by atoms with Crippen molar-refractivity contribution >= 4 is 0 Å². The normalized spacial score (nSPS) is 27.2. The van der Waals surface area contributed by atoms with Gasteiger partial charge in [-0.2, -0.15) is 5.26 Å². The summed E-state index contributed by atoms with van der Waals surface area (Å²) in [6, 6.07) is 24.3. The van der Waals surface area contributed by atoms with E-state index in [-0.39, 0.29) is 5.41 Å². The minimum Gasteiger partial charge on any atom is -0.311 e. The van der Waals surface area contributed by atoms with Crippen LogP contribution in [-0.4, -0.2) is 24.1 Å². The number of hydrogen-bond acceptors (Lipinski definition) is 1. The van der Waals surface area contributed by atoms with E-state index in [1.165, 1.54) is 11.1 Å².